The van der Waals surface area contributed by atoms with Gasteiger partial charge < -0.3 is 14.4 Å². The molecule has 0 N–H and O–H groups in total. The fourth-order valence-corrected chi connectivity index (χ4v) is 2.60. The lowest BCUT2D eigenvalue weighted by Gasteiger charge is -2.22. The minimum absolute atomic E-state index is 0.0606. The van der Waals surface area contributed by atoms with Gasteiger partial charge in [-0.3, -0.25) is 4.79 Å². The zero-order chi connectivity index (χ0) is 13.2. The van der Waals surface area contributed by atoms with Crippen molar-refractivity contribution in [1.29, 1.82) is 0 Å². The number of hydrogen-bond donors (Lipinski definition) is 0. The Labute approximate surface area is 111 Å². The van der Waals surface area contributed by atoms with Crippen LogP contribution in [-0.2, 0) is 20.9 Å². The van der Waals surface area contributed by atoms with E-state index in [9.17, 15) is 9.59 Å². The van der Waals surface area contributed by atoms with Crippen LogP contribution in [0.3, 0.4) is 0 Å². The van der Waals surface area contributed by atoms with Crippen LogP contribution in [0.5, 0.6) is 0 Å². The molecule has 1 aromatic carbocycles. The van der Waals surface area contributed by atoms with Gasteiger partial charge in [0.25, 0.3) is 0 Å². The van der Waals surface area contributed by atoms with Crippen molar-refractivity contribution in [3.63, 3.8) is 0 Å². The van der Waals surface area contributed by atoms with E-state index in [-0.39, 0.29) is 37.2 Å². The highest BCUT2D eigenvalue weighted by Gasteiger charge is 2.43. The van der Waals surface area contributed by atoms with Crippen LogP contribution in [0.2, 0.25) is 0 Å². The molecule has 2 aliphatic rings. The third-order valence-corrected chi connectivity index (χ3v) is 3.52. The molecular weight excluding hydrogens is 246 g/mol. The number of likely N-dealkylation sites (tertiary alicyclic amines) is 1. The summed E-state index contributed by atoms with van der Waals surface area (Å²) in [5.74, 6) is -0.223. The number of hydrogen-bond acceptors (Lipinski definition) is 4. The minimum Gasteiger partial charge on any atom is -0.460 e. The van der Waals surface area contributed by atoms with Crippen LogP contribution < -0.4 is 0 Å². The number of carbonyl (C=O) groups excluding carboxylic acids is 2. The van der Waals surface area contributed by atoms with E-state index < -0.39 is 0 Å². The van der Waals surface area contributed by atoms with Crippen molar-refractivity contribution in [3.05, 3.63) is 35.9 Å². The van der Waals surface area contributed by atoms with E-state index in [1.165, 1.54) is 0 Å². The molecule has 0 radical (unpaired) electrons. The zero-order valence-corrected chi connectivity index (χ0v) is 10.5. The molecule has 0 unspecified atom stereocenters. The second-order valence-corrected chi connectivity index (χ2v) is 4.90. The first-order valence-electron chi connectivity index (χ1n) is 6.39. The maximum absolute atomic E-state index is 12.0. The summed E-state index contributed by atoms with van der Waals surface area (Å²) in [5.41, 5.74) is 0.949. The lowest BCUT2D eigenvalue weighted by molar-refractivity contribution is -0.151. The lowest BCUT2D eigenvalue weighted by Crippen LogP contribution is -2.36. The Kier molecular flexibility index (Phi) is 3.11. The van der Waals surface area contributed by atoms with Gasteiger partial charge in [0.15, 0.2) is 0 Å². The first kappa shape index (κ1) is 12.0. The van der Waals surface area contributed by atoms with Crippen molar-refractivity contribution >= 4 is 12.1 Å². The van der Waals surface area contributed by atoms with Gasteiger partial charge in [0.2, 0.25) is 0 Å². The summed E-state index contributed by atoms with van der Waals surface area (Å²) in [7, 11) is 0. The summed E-state index contributed by atoms with van der Waals surface area (Å²) >= 11 is 0. The van der Waals surface area contributed by atoms with Crippen LogP contribution in [0.1, 0.15) is 18.4 Å². The van der Waals surface area contributed by atoms with Crippen molar-refractivity contribution in [1.82, 2.24) is 4.90 Å². The molecule has 2 fully saturated rings. The largest absolute Gasteiger partial charge is 0.460 e. The molecule has 5 heteroatoms. The number of rotatable bonds is 2. The number of carbonyl (C=O) groups is 2. The molecule has 0 aromatic heterocycles. The summed E-state index contributed by atoms with van der Waals surface area (Å²) in [5, 5.41) is 0. The predicted molar refractivity (Wildman–Crippen MR) is 66.2 cm³/mol. The van der Waals surface area contributed by atoms with Crippen molar-refractivity contribution < 1.29 is 19.1 Å². The molecule has 0 saturated carbocycles. The van der Waals surface area contributed by atoms with Gasteiger partial charge in [-0.15, -0.1) is 0 Å². The van der Waals surface area contributed by atoms with Gasteiger partial charge >= 0.3 is 12.1 Å². The minimum atomic E-state index is -0.366. The molecule has 2 heterocycles. The second-order valence-electron chi connectivity index (χ2n) is 4.90. The molecule has 0 aliphatic carbocycles. The standard InChI is InChI=1S/C14H15NO4/c16-13-7-11-6-12(19-13)8-15(11)14(17)18-9-10-4-2-1-3-5-10/h1-5,11-12H,6-9H2/t11-,12-/m0/s1. The van der Waals surface area contributed by atoms with Crippen LogP contribution in [0.25, 0.3) is 0 Å². The summed E-state index contributed by atoms with van der Waals surface area (Å²) < 4.78 is 10.4. The van der Waals surface area contributed by atoms with Crippen molar-refractivity contribution in [3.8, 4) is 0 Å². The van der Waals surface area contributed by atoms with E-state index in [0.29, 0.717) is 6.54 Å². The highest BCUT2D eigenvalue weighted by molar-refractivity contribution is 5.75. The molecule has 1 aromatic rings. The number of ether oxygens (including phenoxy) is 2. The van der Waals surface area contributed by atoms with Gasteiger partial charge in [-0.05, 0) is 5.56 Å². The molecule has 2 bridgehead atoms. The molecule has 2 aliphatic heterocycles. The van der Waals surface area contributed by atoms with Crippen molar-refractivity contribution in [2.75, 3.05) is 6.54 Å². The van der Waals surface area contributed by atoms with Gasteiger partial charge in [0, 0.05) is 12.5 Å². The van der Waals surface area contributed by atoms with Crippen LogP contribution in [0.15, 0.2) is 30.3 Å². The zero-order valence-electron chi connectivity index (χ0n) is 10.5. The van der Waals surface area contributed by atoms with E-state index in [2.05, 4.69) is 0 Å². The predicted octanol–water partition coefficient (Wildman–Crippen LogP) is 1.71. The third-order valence-electron chi connectivity index (χ3n) is 3.52. The van der Waals surface area contributed by atoms with E-state index in [1.54, 1.807) is 4.90 Å². The number of esters is 1. The SMILES string of the molecule is O=C1C[C@@H]2C[C@@H](CN2C(=O)OCc2ccccc2)O1. The van der Waals surface area contributed by atoms with E-state index >= 15 is 0 Å². The Morgan fingerprint density at radius 2 is 2.16 bits per heavy atom. The number of fused-ring (bicyclic) bond motifs is 2. The summed E-state index contributed by atoms with van der Waals surface area (Å²) in [4.78, 5) is 24.9. The molecule has 19 heavy (non-hydrogen) atoms. The first-order valence-corrected chi connectivity index (χ1v) is 6.39. The summed E-state index contributed by atoms with van der Waals surface area (Å²) in [6.45, 7) is 0.701. The average Bonchev–Trinajstić information content (AvgIpc) is 2.72. The van der Waals surface area contributed by atoms with Gasteiger partial charge in [0.1, 0.15) is 12.7 Å². The molecule has 0 spiro atoms. The van der Waals surface area contributed by atoms with Crippen LogP contribution >= 0.6 is 0 Å². The average molecular weight is 261 g/mol. The maximum Gasteiger partial charge on any atom is 0.410 e. The summed E-state index contributed by atoms with van der Waals surface area (Å²) in [6.07, 6.45) is 0.480. The Hall–Kier alpha value is -2.04. The molecule has 5 nitrogen and oxygen atoms in total. The van der Waals surface area contributed by atoms with Gasteiger partial charge in [0.05, 0.1) is 13.0 Å². The number of amides is 1. The van der Waals surface area contributed by atoms with Gasteiger partial charge in [-0.2, -0.15) is 0 Å². The lowest BCUT2D eigenvalue weighted by atomic mass is 10.1. The molecule has 1 amide bonds. The topological polar surface area (TPSA) is 55.8 Å². The molecular formula is C14H15NO4. The Morgan fingerprint density at radius 1 is 1.37 bits per heavy atom. The van der Waals surface area contributed by atoms with Gasteiger partial charge in [-0.25, -0.2) is 4.79 Å². The normalized spacial score (nSPS) is 25.1. The second kappa shape index (κ2) is 4.91. The maximum atomic E-state index is 12.0. The first-order chi connectivity index (χ1) is 9.22. The monoisotopic (exact) mass is 261 g/mol. The third kappa shape index (κ3) is 2.54. The van der Waals surface area contributed by atoms with E-state index in [0.717, 1.165) is 12.0 Å². The molecule has 3 rings (SSSR count). The fraction of sp³-hybridized carbons (Fsp3) is 0.429. The summed E-state index contributed by atoms with van der Waals surface area (Å²) in [6, 6.07) is 9.47. The number of nitrogens with zero attached hydrogens (tertiary/aromatic N) is 1. The van der Waals surface area contributed by atoms with E-state index in [4.69, 9.17) is 9.47 Å². The number of benzene rings is 1. The molecule has 2 saturated heterocycles. The molecule has 2 atom stereocenters. The Bertz CT molecular complexity index is 487. The highest BCUT2D eigenvalue weighted by Crippen LogP contribution is 2.29. The smallest absolute Gasteiger partial charge is 0.410 e. The van der Waals surface area contributed by atoms with E-state index in [1.807, 2.05) is 30.3 Å². The fourth-order valence-electron chi connectivity index (χ4n) is 2.60. The van der Waals surface area contributed by atoms with Crippen LogP contribution in [0, 0.1) is 0 Å². The highest BCUT2D eigenvalue weighted by atomic mass is 16.6. The van der Waals surface area contributed by atoms with Gasteiger partial charge in [-0.1, -0.05) is 30.3 Å². The van der Waals surface area contributed by atoms with Crippen LogP contribution in [0.4, 0.5) is 4.79 Å². The Morgan fingerprint density at radius 3 is 2.95 bits per heavy atom. The Balaban J connectivity index is 1.58. The quantitative estimate of drug-likeness (QED) is 0.760. The molecule has 100 valence electrons. The van der Waals surface area contributed by atoms with Crippen LogP contribution in [-0.4, -0.2) is 35.7 Å². The van der Waals surface area contributed by atoms with Crippen molar-refractivity contribution in [2.24, 2.45) is 0 Å². The van der Waals surface area contributed by atoms with Crippen molar-refractivity contribution in [2.45, 2.75) is 31.6 Å².